The summed E-state index contributed by atoms with van der Waals surface area (Å²) in [4.78, 5) is 30.8. The molecule has 0 radical (unpaired) electrons. The van der Waals surface area contributed by atoms with Crippen LogP contribution in [0.25, 0.3) is 16.7 Å². The van der Waals surface area contributed by atoms with Gasteiger partial charge >= 0.3 is 0 Å². The van der Waals surface area contributed by atoms with Crippen LogP contribution in [0.2, 0.25) is 0 Å². The van der Waals surface area contributed by atoms with Crippen LogP contribution in [-0.4, -0.2) is 32.0 Å². The van der Waals surface area contributed by atoms with E-state index in [1.807, 2.05) is 17.4 Å². The molecule has 162 valence electrons. The minimum atomic E-state index is -0.323. The summed E-state index contributed by atoms with van der Waals surface area (Å²) in [6.07, 6.45) is 4.42. The van der Waals surface area contributed by atoms with Crippen molar-refractivity contribution >= 4 is 28.3 Å². The first-order valence-electron chi connectivity index (χ1n) is 11.1. The largest absolute Gasteiger partial charge is 0.317 e. The van der Waals surface area contributed by atoms with Crippen molar-refractivity contribution in [3.05, 3.63) is 69.0 Å². The van der Waals surface area contributed by atoms with Crippen molar-refractivity contribution in [1.29, 1.82) is 0 Å². The zero-order valence-electron chi connectivity index (χ0n) is 17.7. The minimum Gasteiger partial charge on any atom is -0.317 e. The lowest BCUT2D eigenvalue weighted by molar-refractivity contribution is 0.0988. The van der Waals surface area contributed by atoms with Crippen LogP contribution in [0.5, 0.6) is 0 Å². The summed E-state index contributed by atoms with van der Waals surface area (Å²) in [6.45, 7) is 2.51. The van der Waals surface area contributed by atoms with E-state index in [9.17, 15) is 14.0 Å². The van der Waals surface area contributed by atoms with Crippen molar-refractivity contribution in [2.45, 2.75) is 39.0 Å². The normalized spacial score (nSPS) is 15.6. The number of carbonyl (C=O) groups is 1. The Kier molecular flexibility index (Phi) is 4.18. The fourth-order valence-corrected chi connectivity index (χ4v) is 4.74. The highest BCUT2D eigenvalue weighted by Gasteiger charge is 2.29. The molecule has 2 aliphatic rings. The molecule has 0 atom stereocenters. The van der Waals surface area contributed by atoms with Gasteiger partial charge in [-0.25, -0.2) is 4.39 Å². The maximum absolute atomic E-state index is 13.6. The van der Waals surface area contributed by atoms with E-state index < -0.39 is 0 Å². The zero-order valence-corrected chi connectivity index (χ0v) is 17.7. The van der Waals surface area contributed by atoms with Crippen molar-refractivity contribution in [1.82, 2.24) is 19.6 Å². The number of anilines is 1. The summed E-state index contributed by atoms with van der Waals surface area (Å²) in [7, 11) is 0. The molecule has 1 N–H and O–H groups in total. The van der Waals surface area contributed by atoms with E-state index in [1.54, 1.807) is 17.0 Å². The van der Waals surface area contributed by atoms with Crippen LogP contribution in [0.15, 0.2) is 35.1 Å². The van der Waals surface area contributed by atoms with Crippen LogP contribution < -0.4 is 10.5 Å². The lowest BCUT2D eigenvalue weighted by Crippen LogP contribution is -2.30. The summed E-state index contributed by atoms with van der Waals surface area (Å²) < 4.78 is 15.5. The van der Waals surface area contributed by atoms with E-state index in [-0.39, 0.29) is 22.9 Å². The molecule has 1 aliphatic carbocycles. The molecule has 2 aromatic heterocycles. The number of H-pyrrole nitrogens is 1. The number of hydrogen-bond acceptors (Lipinski definition) is 4. The standard InChI is InChI=1S/C24H22FN5O2/c1-2-14-11-20-18(26-23(31)22-28-27-21(30(20)22)9-13-3-4-13)12-17(14)24(32)29-8-7-15-10-16(25)5-6-19(15)29/h5-6,10-13H,2-4,7-9H2,1H3,(H,26,31). The van der Waals surface area contributed by atoms with Gasteiger partial charge in [0, 0.05) is 24.2 Å². The maximum Gasteiger partial charge on any atom is 0.294 e. The van der Waals surface area contributed by atoms with Gasteiger partial charge in [0.25, 0.3) is 11.5 Å². The molecule has 0 spiro atoms. The van der Waals surface area contributed by atoms with Gasteiger partial charge in [-0.2, -0.15) is 0 Å². The molecule has 0 saturated heterocycles. The highest BCUT2D eigenvalue weighted by Crippen LogP contribution is 2.33. The van der Waals surface area contributed by atoms with Gasteiger partial charge in [-0.15, -0.1) is 10.2 Å². The molecule has 1 saturated carbocycles. The first kappa shape index (κ1) is 19.2. The molecule has 1 amide bonds. The number of fused-ring (bicyclic) bond motifs is 4. The molecule has 3 heterocycles. The van der Waals surface area contributed by atoms with Crippen LogP contribution in [-0.2, 0) is 19.3 Å². The van der Waals surface area contributed by atoms with Crippen molar-refractivity contribution in [3.8, 4) is 0 Å². The van der Waals surface area contributed by atoms with E-state index >= 15 is 0 Å². The van der Waals surface area contributed by atoms with Crippen molar-refractivity contribution in [2.24, 2.45) is 5.92 Å². The van der Waals surface area contributed by atoms with Crippen LogP contribution in [0, 0.1) is 11.7 Å². The van der Waals surface area contributed by atoms with Crippen LogP contribution in [0.3, 0.4) is 0 Å². The third kappa shape index (κ3) is 2.93. The summed E-state index contributed by atoms with van der Waals surface area (Å²) in [5.74, 6) is 0.950. The highest BCUT2D eigenvalue weighted by atomic mass is 19.1. The molecule has 1 fully saturated rings. The van der Waals surface area contributed by atoms with Crippen molar-refractivity contribution < 1.29 is 9.18 Å². The molecule has 1 aliphatic heterocycles. The molecule has 0 unspecified atom stereocenters. The quantitative estimate of drug-likeness (QED) is 0.537. The lowest BCUT2D eigenvalue weighted by atomic mass is 10.0. The molecule has 2 aromatic carbocycles. The van der Waals surface area contributed by atoms with E-state index in [2.05, 4.69) is 15.2 Å². The van der Waals surface area contributed by atoms with Crippen molar-refractivity contribution in [3.63, 3.8) is 0 Å². The van der Waals surface area contributed by atoms with Gasteiger partial charge in [0.1, 0.15) is 11.6 Å². The van der Waals surface area contributed by atoms with Gasteiger partial charge in [0.2, 0.25) is 5.65 Å². The summed E-state index contributed by atoms with van der Waals surface area (Å²) in [5, 5.41) is 8.40. The number of aromatic amines is 1. The van der Waals surface area contributed by atoms with E-state index in [0.29, 0.717) is 36.4 Å². The van der Waals surface area contributed by atoms with Gasteiger partial charge < -0.3 is 9.88 Å². The fraction of sp³-hybridized carbons (Fsp3) is 0.333. The Bertz CT molecular complexity index is 1470. The molecule has 6 rings (SSSR count). The van der Waals surface area contributed by atoms with E-state index in [1.165, 1.54) is 25.0 Å². The predicted octanol–water partition coefficient (Wildman–Crippen LogP) is 3.43. The number of carbonyl (C=O) groups excluding carboxylic acids is 1. The first-order valence-corrected chi connectivity index (χ1v) is 11.1. The Morgan fingerprint density at radius 1 is 1.22 bits per heavy atom. The minimum absolute atomic E-state index is 0.142. The van der Waals surface area contributed by atoms with E-state index in [4.69, 9.17) is 0 Å². The van der Waals surface area contributed by atoms with Gasteiger partial charge in [0.15, 0.2) is 0 Å². The number of benzene rings is 2. The van der Waals surface area contributed by atoms with Gasteiger partial charge in [-0.05, 0) is 73.1 Å². The van der Waals surface area contributed by atoms with Gasteiger partial charge in [-0.3, -0.25) is 14.0 Å². The molecule has 7 nitrogen and oxygen atoms in total. The maximum atomic E-state index is 13.6. The topological polar surface area (TPSA) is 83.4 Å². The third-order valence-corrected chi connectivity index (χ3v) is 6.61. The number of amides is 1. The summed E-state index contributed by atoms with van der Waals surface area (Å²) in [5.41, 5.74) is 4.36. The Balaban J connectivity index is 1.50. The Hall–Kier alpha value is -3.55. The van der Waals surface area contributed by atoms with Gasteiger partial charge in [-0.1, -0.05) is 6.92 Å². The zero-order chi connectivity index (χ0) is 22.0. The highest BCUT2D eigenvalue weighted by molar-refractivity contribution is 6.09. The second-order valence-electron chi connectivity index (χ2n) is 8.74. The third-order valence-electron chi connectivity index (χ3n) is 6.61. The predicted molar refractivity (Wildman–Crippen MR) is 119 cm³/mol. The number of nitrogens with zero attached hydrogens (tertiary/aromatic N) is 4. The number of nitrogens with one attached hydrogen (secondary N) is 1. The van der Waals surface area contributed by atoms with Crippen LogP contribution >= 0.6 is 0 Å². The number of halogens is 1. The Morgan fingerprint density at radius 2 is 2.06 bits per heavy atom. The number of aromatic nitrogens is 4. The molecule has 4 aromatic rings. The molecule has 8 heteroatoms. The van der Waals surface area contributed by atoms with Crippen LogP contribution in [0.1, 0.15) is 47.1 Å². The molecule has 0 bridgehead atoms. The average Bonchev–Trinajstić information content (AvgIpc) is 3.35. The SMILES string of the molecule is CCc1cc2c(cc1C(=O)N1CCc3cc(F)ccc31)[nH]c(=O)c1nnc(CC3CC3)n12. The monoisotopic (exact) mass is 431 g/mol. The number of rotatable bonds is 4. The average molecular weight is 431 g/mol. The molecular formula is C24H22FN5O2. The smallest absolute Gasteiger partial charge is 0.294 e. The lowest BCUT2D eigenvalue weighted by Gasteiger charge is -2.20. The van der Waals surface area contributed by atoms with Gasteiger partial charge in [0.05, 0.1) is 11.0 Å². The molecule has 32 heavy (non-hydrogen) atoms. The fourth-order valence-electron chi connectivity index (χ4n) is 4.74. The van der Waals surface area contributed by atoms with E-state index in [0.717, 1.165) is 34.6 Å². The number of hydrogen-bond donors (Lipinski definition) is 1. The Labute approximate surface area is 182 Å². The second kappa shape index (κ2) is 6.98. The Morgan fingerprint density at radius 3 is 2.84 bits per heavy atom. The van der Waals surface area contributed by atoms with Crippen molar-refractivity contribution in [2.75, 3.05) is 11.4 Å². The molecular weight excluding hydrogens is 409 g/mol. The second-order valence-corrected chi connectivity index (χ2v) is 8.74. The summed E-state index contributed by atoms with van der Waals surface area (Å²) in [6, 6.07) is 8.26. The first-order chi connectivity index (χ1) is 15.5. The summed E-state index contributed by atoms with van der Waals surface area (Å²) >= 11 is 0. The van der Waals surface area contributed by atoms with Crippen LogP contribution in [0.4, 0.5) is 10.1 Å². The number of aryl methyl sites for hydroxylation is 1.